The van der Waals surface area contributed by atoms with Gasteiger partial charge in [-0.2, -0.15) is 0 Å². The molecule has 1 N–H and O–H groups in total. The largest absolute Gasteiger partial charge is 0.303 e. The summed E-state index contributed by atoms with van der Waals surface area (Å²) in [5, 5.41) is 1.88. The molecule has 136 valence electrons. The molecule has 1 saturated heterocycles. The summed E-state index contributed by atoms with van der Waals surface area (Å²) in [6.07, 6.45) is 3.28. The second-order valence-electron chi connectivity index (χ2n) is 6.84. The van der Waals surface area contributed by atoms with Crippen LogP contribution in [-0.2, 0) is 16.4 Å². The molecule has 1 aliphatic rings. The van der Waals surface area contributed by atoms with Gasteiger partial charge in [0.25, 0.3) is 0 Å². The maximum atomic E-state index is 12.4. The number of thiophene rings is 1. The van der Waals surface area contributed by atoms with Gasteiger partial charge in [0.1, 0.15) is 4.21 Å². The van der Waals surface area contributed by atoms with Crippen LogP contribution in [0.25, 0.3) is 0 Å². The van der Waals surface area contributed by atoms with Crippen LogP contribution in [0.4, 0.5) is 0 Å². The molecule has 0 amide bonds. The Kier molecular flexibility index (Phi) is 6.28. The van der Waals surface area contributed by atoms with Gasteiger partial charge in [0.15, 0.2) is 0 Å². The number of rotatable bonds is 7. The Labute approximate surface area is 154 Å². The Morgan fingerprint density at radius 1 is 1.28 bits per heavy atom. The van der Waals surface area contributed by atoms with E-state index in [1.54, 1.807) is 6.07 Å². The summed E-state index contributed by atoms with van der Waals surface area (Å²) in [7, 11) is -3.36. The summed E-state index contributed by atoms with van der Waals surface area (Å²) in [5.41, 5.74) is 2.36. The van der Waals surface area contributed by atoms with Crippen LogP contribution < -0.4 is 4.72 Å². The van der Waals surface area contributed by atoms with E-state index in [2.05, 4.69) is 33.9 Å². The molecule has 2 heterocycles. The summed E-state index contributed by atoms with van der Waals surface area (Å²) in [6, 6.07) is 12.3. The van der Waals surface area contributed by atoms with E-state index in [0.717, 1.165) is 44.5 Å². The van der Waals surface area contributed by atoms with E-state index in [4.69, 9.17) is 0 Å². The van der Waals surface area contributed by atoms with Crippen LogP contribution >= 0.6 is 11.3 Å². The average molecular weight is 379 g/mol. The molecule has 0 aliphatic carbocycles. The SMILES string of the molecule is Cc1csc(S(=O)(=O)NC[C@H]2CCCN(CCc3ccccc3)C2)c1. The molecule has 25 heavy (non-hydrogen) atoms. The molecular formula is C19H26N2O2S2. The van der Waals surface area contributed by atoms with Crippen LogP contribution in [0.2, 0.25) is 0 Å². The standard InChI is InChI=1S/C19H26N2O2S2/c1-16-12-19(24-15-16)25(22,23)20-13-18-8-5-10-21(14-18)11-9-17-6-3-2-4-7-17/h2-4,6-7,12,15,18,20H,5,8-11,13-14H2,1H3/t18-/m1/s1. The van der Waals surface area contributed by atoms with Gasteiger partial charge in [-0.05, 0) is 61.2 Å². The number of hydrogen-bond donors (Lipinski definition) is 1. The van der Waals surface area contributed by atoms with E-state index < -0.39 is 10.0 Å². The Balaban J connectivity index is 1.48. The number of hydrogen-bond acceptors (Lipinski definition) is 4. The Bertz CT molecular complexity index is 772. The van der Waals surface area contributed by atoms with Gasteiger partial charge in [0.05, 0.1) is 0 Å². The number of nitrogens with zero attached hydrogens (tertiary/aromatic N) is 1. The van der Waals surface area contributed by atoms with Crippen molar-refractivity contribution in [3.8, 4) is 0 Å². The monoisotopic (exact) mass is 378 g/mol. The van der Waals surface area contributed by atoms with Crippen LogP contribution in [0.5, 0.6) is 0 Å². The van der Waals surface area contributed by atoms with Crippen molar-refractivity contribution >= 4 is 21.4 Å². The highest BCUT2D eigenvalue weighted by molar-refractivity contribution is 7.91. The Morgan fingerprint density at radius 3 is 2.80 bits per heavy atom. The van der Waals surface area contributed by atoms with Crippen molar-refractivity contribution in [2.75, 3.05) is 26.2 Å². The maximum absolute atomic E-state index is 12.4. The first kappa shape index (κ1) is 18.6. The van der Waals surface area contributed by atoms with Gasteiger partial charge in [0, 0.05) is 19.6 Å². The topological polar surface area (TPSA) is 49.4 Å². The highest BCUT2D eigenvalue weighted by Gasteiger charge is 2.23. The summed E-state index contributed by atoms with van der Waals surface area (Å²) < 4.78 is 28.0. The van der Waals surface area contributed by atoms with Crippen LogP contribution in [0, 0.1) is 12.8 Å². The predicted molar refractivity (Wildman–Crippen MR) is 104 cm³/mol. The molecule has 0 bridgehead atoms. The number of sulfonamides is 1. The maximum Gasteiger partial charge on any atom is 0.250 e. The van der Waals surface area contributed by atoms with Gasteiger partial charge < -0.3 is 4.90 Å². The molecule has 2 aromatic rings. The summed E-state index contributed by atoms with van der Waals surface area (Å²) in [6.45, 7) is 5.57. The van der Waals surface area contributed by atoms with Crippen LogP contribution in [0.15, 0.2) is 46.0 Å². The van der Waals surface area contributed by atoms with Crippen molar-refractivity contribution < 1.29 is 8.42 Å². The second kappa shape index (κ2) is 8.45. The van der Waals surface area contributed by atoms with Crippen LogP contribution in [-0.4, -0.2) is 39.5 Å². The zero-order valence-electron chi connectivity index (χ0n) is 14.6. The molecule has 0 unspecified atom stereocenters. The minimum absolute atomic E-state index is 0.389. The molecule has 1 atom stereocenters. The zero-order chi connectivity index (χ0) is 17.7. The number of likely N-dealkylation sites (tertiary alicyclic amines) is 1. The molecule has 4 nitrogen and oxygen atoms in total. The third-order valence-electron chi connectivity index (χ3n) is 4.70. The highest BCUT2D eigenvalue weighted by atomic mass is 32.2. The molecule has 1 aromatic heterocycles. The smallest absolute Gasteiger partial charge is 0.250 e. The van der Waals surface area contributed by atoms with Crippen molar-refractivity contribution in [2.24, 2.45) is 5.92 Å². The summed E-state index contributed by atoms with van der Waals surface area (Å²) >= 11 is 1.29. The Hall–Kier alpha value is -1.21. The molecular weight excluding hydrogens is 352 g/mol. The van der Waals surface area contributed by atoms with Gasteiger partial charge in [-0.25, -0.2) is 13.1 Å². The first-order chi connectivity index (χ1) is 12.0. The van der Waals surface area contributed by atoms with Crippen LogP contribution in [0.3, 0.4) is 0 Å². The molecule has 3 rings (SSSR count). The minimum Gasteiger partial charge on any atom is -0.303 e. The third kappa shape index (κ3) is 5.38. The molecule has 0 saturated carbocycles. The molecule has 1 aliphatic heterocycles. The molecule has 0 radical (unpaired) electrons. The molecule has 0 spiro atoms. The Morgan fingerprint density at radius 2 is 2.08 bits per heavy atom. The normalized spacial score (nSPS) is 19.2. The van der Waals surface area contributed by atoms with Gasteiger partial charge in [0.2, 0.25) is 10.0 Å². The number of aryl methyl sites for hydroxylation is 1. The molecule has 1 aromatic carbocycles. The first-order valence-corrected chi connectivity index (χ1v) is 11.2. The van der Waals surface area contributed by atoms with Crippen molar-refractivity contribution in [1.29, 1.82) is 0 Å². The third-order valence-corrected chi connectivity index (χ3v) is 7.68. The van der Waals surface area contributed by atoms with E-state index >= 15 is 0 Å². The van der Waals surface area contributed by atoms with E-state index in [-0.39, 0.29) is 0 Å². The summed E-state index contributed by atoms with van der Waals surface area (Å²) in [4.78, 5) is 2.46. The highest BCUT2D eigenvalue weighted by Crippen LogP contribution is 2.21. The minimum atomic E-state index is -3.36. The predicted octanol–water partition coefficient (Wildman–Crippen LogP) is 3.29. The van der Waals surface area contributed by atoms with Gasteiger partial charge in [-0.1, -0.05) is 30.3 Å². The van der Waals surface area contributed by atoms with Crippen LogP contribution in [0.1, 0.15) is 24.0 Å². The van der Waals surface area contributed by atoms with E-state index in [9.17, 15) is 8.42 Å². The fourth-order valence-corrected chi connectivity index (χ4v) is 5.69. The number of piperidine rings is 1. The van der Waals surface area contributed by atoms with Gasteiger partial charge in [-0.15, -0.1) is 11.3 Å². The lowest BCUT2D eigenvalue weighted by Gasteiger charge is -2.32. The zero-order valence-corrected chi connectivity index (χ0v) is 16.3. The van der Waals surface area contributed by atoms with Crippen molar-refractivity contribution in [1.82, 2.24) is 9.62 Å². The quantitative estimate of drug-likeness (QED) is 0.804. The fraction of sp³-hybridized carbons (Fsp3) is 0.474. The molecule has 6 heteroatoms. The van der Waals surface area contributed by atoms with Gasteiger partial charge in [-0.3, -0.25) is 0 Å². The average Bonchev–Trinajstić information content (AvgIpc) is 3.07. The number of benzene rings is 1. The van der Waals surface area contributed by atoms with Crippen molar-refractivity contribution in [3.05, 3.63) is 52.9 Å². The van der Waals surface area contributed by atoms with E-state index in [1.807, 2.05) is 18.4 Å². The lowest BCUT2D eigenvalue weighted by Crippen LogP contribution is -2.41. The van der Waals surface area contributed by atoms with Gasteiger partial charge >= 0.3 is 0 Å². The number of nitrogens with one attached hydrogen (secondary N) is 1. The molecule has 1 fully saturated rings. The van der Waals surface area contributed by atoms with Crippen molar-refractivity contribution in [2.45, 2.75) is 30.4 Å². The first-order valence-electron chi connectivity index (χ1n) is 8.84. The second-order valence-corrected chi connectivity index (χ2v) is 9.74. The van der Waals surface area contributed by atoms with E-state index in [0.29, 0.717) is 16.7 Å². The van der Waals surface area contributed by atoms with Crippen molar-refractivity contribution in [3.63, 3.8) is 0 Å². The van der Waals surface area contributed by atoms with E-state index in [1.165, 1.54) is 16.9 Å². The summed E-state index contributed by atoms with van der Waals surface area (Å²) in [5.74, 6) is 0.389. The lowest BCUT2D eigenvalue weighted by molar-refractivity contribution is 0.178. The fourth-order valence-electron chi connectivity index (χ4n) is 3.30. The lowest BCUT2D eigenvalue weighted by atomic mass is 9.98.